The summed E-state index contributed by atoms with van der Waals surface area (Å²) in [6, 6.07) is 16.5. The molecule has 2 heterocycles. The van der Waals surface area contributed by atoms with E-state index < -0.39 is 10.0 Å². The molecule has 0 saturated carbocycles. The summed E-state index contributed by atoms with van der Waals surface area (Å²) in [7, 11) is -3.69. The average molecular weight is 380 g/mol. The van der Waals surface area contributed by atoms with Crippen LogP contribution >= 0.6 is 0 Å². The number of rotatable bonds is 4. The van der Waals surface area contributed by atoms with Gasteiger partial charge in [-0.15, -0.1) is 0 Å². The summed E-state index contributed by atoms with van der Waals surface area (Å²) in [5, 5.41) is 0. The number of hydrogen-bond donors (Lipinski definition) is 1. The van der Waals surface area contributed by atoms with Crippen LogP contribution in [0.25, 0.3) is 11.1 Å². The van der Waals surface area contributed by atoms with E-state index >= 15 is 0 Å². The number of pyridine rings is 1. The van der Waals surface area contributed by atoms with Crippen molar-refractivity contribution in [3.63, 3.8) is 0 Å². The molecule has 1 aromatic heterocycles. The molecular formula is C21H20N2O3S. The zero-order chi connectivity index (χ0) is 19.0. The van der Waals surface area contributed by atoms with Gasteiger partial charge in [-0.2, -0.15) is 0 Å². The Morgan fingerprint density at radius 1 is 1.04 bits per heavy atom. The number of ether oxygens (including phenoxy) is 1. The maximum absolute atomic E-state index is 12.7. The molecule has 3 aromatic rings. The largest absolute Gasteiger partial charge is 0.493 e. The molecule has 0 aliphatic carbocycles. The van der Waals surface area contributed by atoms with Crippen LogP contribution in [0.1, 0.15) is 16.8 Å². The summed E-state index contributed by atoms with van der Waals surface area (Å²) in [6.07, 6.45) is 0.905. The van der Waals surface area contributed by atoms with Gasteiger partial charge in [0.05, 0.1) is 11.5 Å². The third kappa shape index (κ3) is 3.53. The van der Waals surface area contributed by atoms with Gasteiger partial charge < -0.3 is 4.74 Å². The van der Waals surface area contributed by atoms with Crippen LogP contribution < -0.4 is 9.46 Å². The van der Waals surface area contributed by atoms with Crippen LogP contribution in [-0.2, 0) is 16.4 Å². The number of fused-ring (bicyclic) bond motifs is 1. The second-order valence-corrected chi connectivity index (χ2v) is 8.35. The van der Waals surface area contributed by atoms with Gasteiger partial charge in [0.2, 0.25) is 0 Å². The molecule has 1 aliphatic rings. The lowest BCUT2D eigenvalue weighted by atomic mass is 9.98. The number of nitrogens with one attached hydrogen (secondary N) is 1. The quantitative estimate of drug-likeness (QED) is 0.740. The number of benzene rings is 2. The molecule has 4 rings (SSSR count). The number of anilines is 1. The lowest BCUT2D eigenvalue weighted by molar-refractivity contribution is 0.357. The minimum Gasteiger partial charge on any atom is -0.493 e. The molecule has 2 aromatic carbocycles. The van der Waals surface area contributed by atoms with Crippen LogP contribution in [0, 0.1) is 13.8 Å². The van der Waals surface area contributed by atoms with E-state index in [1.54, 1.807) is 24.3 Å². The number of sulfonamides is 1. The molecule has 1 N–H and O–H groups in total. The molecule has 0 amide bonds. The normalized spacial score (nSPS) is 13.1. The van der Waals surface area contributed by atoms with Gasteiger partial charge in [0.25, 0.3) is 10.0 Å². The second kappa shape index (κ2) is 6.70. The summed E-state index contributed by atoms with van der Waals surface area (Å²) in [5.74, 6) is 1.25. The van der Waals surface area contributed by atoms with Gasteiger partial charge in [-0.1, -0.05) is 18.2 Å². The molecule has 1 aliphatic heterocycles. The zero-order valence-electron chi connectivity index (χ0n) is 15.2. The van der Waals surface area contributed by atoms with Crippen molar-refractivity contribution >= 4 is 15.8 Å². The van der Waals surface area contributed by atoms with Crippen molar-refractivity contribution in [2.45, 2.75) is 25.2 Å². The molecule has 5 nitrogen and oxygen atoms in total. The highest BCUT2D eigenvalue weighted by molar-refractivity contribution is 7.92. The molecule has 6 heteroatoms. The maximum Gasteiger partial charge on any atom is 0.263 e. The predicted octanol–water partition coefficient (Wildman–Crippen LogP) is 4.10. The molecule has 0 fully saturated rings. The van der Waals surface area contributed by atoms with E-state index in [4.69, 9.17) is 4.74 Å². The first-order valence-corrected chi connectivity index (χ1v) is 10.2. The molecule has 0 radical (unpaired) electrons. The van der Waals surface area contributed by atoms with E-state index in [0.29, 0.717) is 12.4 Å². The van der Waals surface area contributed by atoms with Crippen molar-refractivity contribution in [3.05, 3.63) is 71.4 Å². The van der Waals surface area contributed by atoms with Gasteiger partial charge >= 0.3 is 0 Å². The third-order valence-electron chi connectivity index (χ3n) is 4.64. The molecule has 0 saturated heterocycles. The van der Waals surface area contributed by atoms with Crippen LogP contribution in [0.3, 0.4) is 0 Å². The second-order valence-electron chi connectivity index (χ2n) is 6.67. The predicted molar refractivity (Wildman–Crippen MR) is 106 cm³/mol. The van der Waals surface area contributed by atoms with E-state index in [9.17, 15) is 8.42 Å². The van der Waals surface area contributed by atoms with Gasteiger partial charge in [0.1, 0.15) is 11.6 Å². The summed E-state index contributed by atoms with van der Waals surface area (Å²) in [6.45, 7) is 4.45. The first-order valence-electron chi connectivity index (χ1n) is 8.76. The molecule has 0 unspecified atom stereocenters. The van der Waals surface area contributed by atoms with Crippen LogP contribution in [0.2, 0.25) is 0 Å². The van der Waals surface area contributed by atoms with Gasteiger partial charge in [-0.25, -0.2) is 13.4 Å². The Hall–Kier alpha value is -2.86. The summed E-state index contributed by atoms with van der Waals surface area (Å²) in [5.41, 5.74) is 4.92. The average Bonchev–Trinajstić information content (AvgIpc) is 3.09. The van der Waals surface area contributed by atoms with E-state index in [2.05, 4.69) is 15.8 Å². The number of aryl methyl sites for hydroxylation is 2. The van der Waals surface area contributed by atoms with Gasteiger partial charge in [-0.05, 0) is 72.5 Å². The number of aromatic nitrogens is 1. The fourth-order valence-corrected chi connectivity index (χ4v) is 4.36. The smallest absolute Gasteiger partial charge is 0.263 e. The van der Waals surface area contributed by atoms with Gasteiger partial charge in [0.15, 0.2) is 0 Å². The lowest BCUT2D eigenvalue weighted by Crippen LogP contribution is -2.14. The van der Waals surface area contributed by atoms with Gasteiger partial charge in [0, 0.05) is 12.1 Å². The Labute approximate surface area is 159 Å². The molecule has 0 bridgehead atoms. The van der Waals surface area contributed by atoms with Crippen molar-refractivity contribution in [1.82, 2.24) is 4.98 Å². The van der Waals surface area contributed by atoms with E-state index in [-0.39, 0.29) is 4.90 Å². The van der Waals surface area contributed by atoms with Crippen LogP contribution in [0.4, 0.5) is 5.82 Å². The summed E-state index contributed by atoms with van der Waals surface area (Å²) >= 11 is 0. The highest BCUT2D eigenvalue weighted by Gasteiger charge is 2.18. The summed E-state index contributed by atoms with van der Waals surface area (Å²) < 4.78 is 33.5. The van der Waals surface area contributed by atoms with E-state index in [0.717, 1.165) is 34.6 Å². The third-order valence-corrected chi connectivity index (χ3v) is 5.99. The Morgan fingerprint density at radius 2 is 1.89 bits per heavy atom. The highest BCUT2D eigenvalue weighted by Crippen LogP contribution is 2.32. The van der Waals surface area contributed by atoms with Crippen molar-refractivity contribution in [3.8, 4) is 16.9 Å². The number of nitrogens with zero attached hydrogens (tertiary/aromatic N) is 1. The minimum absolute atomic E-state index is 0.219. The summed E-state index contributed by atoms with van der Waals surface area (Å²) in [4.78, 5) is 4.42. The van der Waals surface area contributed by atoms with Crippen molar-refractivity contribution in [1.29, 1.82) is 0 Å². The molecular weight excluding hydrogens is 360 g/mol. The zero-order valence-corrected chi connectivity index (χ0v) is 16.0. The van der Waals surface area contributed by atoms with Crippen molar-refractivity contribution < 1.29 is 13.2 Å². The molecule has 27 heavy (non-hydrogen) atoms. The first kappa shape index (κ1) is 17.5. The highest BCUT2D eigenvalue weighted by atomic mass is 32.2. The monoisotopic (exact) mass is 380 g/mol. The maximum atomic E-state index is 12.7. The van der Waals surface area contributed by atoms with Gasteiger partial charge in [-0.3, -0.25) is 4.72 Å². The first-order chi connectivity index (χ1) is 12.9. The number of hydrogen-bond acceptors (Lipinski definition) is 4. The van der Waals surface area contributed by atoms with Crippen LogP contribution in [0.5, 0.6) is 5.75 Å². The fourth-order valence-electron chi connectivity index (χ4n) is 3.28. The minimum atomic E-state index is -3.69. The fraction of sp³-hybridized carbons (Fsp3) is 0.190. The van der Waals surface area contributed by atoms with Crippen LogP contribution in [-0.4, -0.2) is 20.0 Å². The topological polar surface area (TPSA) is 68.3 Å². The Kier molecular flexibility index (Phi) is 4.36. The van der Waals surface area contributed by atoms with Crippen molar-refractivity contribution in [2.24, 2.45) is 0 Å². The van der Waals surface area contributed by atoms with E-state index in [1.807, 2.05) is 38.1 Å². The molecule has 138 valence electrons. The standard InChI is InChI=1S/C21H20N2O3S/c1-14-12-18(27(24,25)23-21-5-3-4-15(2)22-21)7-8-19(14)16-6-9-20-17(13-16)10-11-26-20/h3-9,12-13H,10-11H2,1-2H3,(H,22,23). The molecule has 0 atom stereocenters. The Bertz CT molecular complexity index is 1120. The lowest BCUT2D eigenvalue weighted by Gasteiger charge is -2.12. The Morgan fingerprint density at radius 3 is 2.67 bits per heavy atom. The van der Waals surface area contributed by atoms with Crippen LogP contribution in [0.15, 0.2) is 59.5 Å². The molecule has 0 spiro atoms. The van der Waals surface area contributed by atoms with Crippen molar-refractivity contribution in [2.75, 3.05) is 11.3 Å². The SMILES string of the molecule is Cc1cccc(NS(=O)(=O)c2ccc(-c3ccc4c(c3)CCO4)c(C)c2)n1. The Balaban J connectivity index is 1.65. The van der Waals surface area contributed by atoms with E-state index in [1.165, 1.54) is 5.56 Å².